The van der Waals surface area contributed by atoms with Gasteiger partial charge in [0.25, 0.3) is 0 Å². The number of benzene rings is 1. The van der Waals surface area contributed by atoms with Gasteiger partial charge in [0.15, 0.2) is 11.5 Å². The molecule has 0 saturated carbocycles. The summed E-state index contributed by atoms with van der Waals surface area (Å²) in [6, 6.07) is 3.74. The fourth-order valence-corrected chi connectivity index (χ4v) is 3.84. The van der Waals surface area contributed by atoms with E-state index in [0.29, 0.717) is 30.4 Å². The normalized spacial score (nSPS) is 16.5. The average molecular weight is 417 g/mol. The maximum Gasteiger partial charge on any atom is 0.308 e. The van der Waals surface area contributed by atoms with Gasteiger partial charge >= 0.3 is 5.97 Å². The fraction of sp³-hybridized carbons (Fsp3) is 0.591. The highest BCUT2D eigenvalue weighted by Crippen LogP contribution is 2.35. The predicted octanol–water partition coefficient (Wildman–Crippen LogP) is 3.94. The van der Waals surface area contributed by atoms with Crippen molar-refractivity contribution >= 4 is 28.6 Å². The molecular formula is C22H32N4O4. The molecule has 3 rings (SSSR count). The first kappa shape index (κ1) is 21.9. The number of nitrogens with zero attached hydrogens (tertiary/aromatic N) is 3. The SMILES string of the molecule is CCCCCCNc1nc(N2CCCC(C(=O)O)C2)nc2cc(OC)c(OC)cc12. The van der Waals surface area contributed by atoms with Crippen LogP contribution in [0.3, 0.4) is 0 Å². The van der Waals surface area contributed by atoms with Crippen LogP contribution in [0, 0.1) is 5.92 Å². The highest BCUT2D eigenvalue weighted by atomic mass is 16.5. The van der Waals surface area contributed by atoms with Crippen LogP contribution in [0.1, 0.15) is 45.4 Å². The van der Waals surface area contributed by atoms with Crippen LogP contribution >= 0.6 is 0 Å². The van der Waals surface area contributed by atoms with E-state index in [9.17, 15) is 9.90 Å². The van der Waals surface area contributed by atoms with Crippen LogP contribution in [0.2, 0.25) is 0 Å². The van der Waals surface area contributed by atoms with E-state index in [-0.39, 0.29) is 0 Å². The van der Waals surface area contributed by atoms with E-state index < -0.39 is 11.9 Å². The summed E-state index contributed by atoms with van der Waals surface area (Å²) in [5.41, 5.74) is 0.742. The number of carbonyl (C=O) groups is 1. The van der Waals surface area contributed by atoms with Crippen LogP contribution < -0.4 is 19.7 Å². The van der Waals surface area contributed by atoms with Gasteiger partial charge in [-0.05, 0) is 25.3 Å². The molecule has 2 aromatic rings. The van der Waals surface area contributed by atoms with Crippen molar-refractivity contribution in [2.24, 2.45) is 5.92 Å². The van der Waals surface area contributed by atoms with Crippen molar-refractivity contribution in [3.8, 4) is 11.5 Å². The second-order valence-corrected chi connectivity index (χ2v) is 7.71. The third kappa shape index (κ3) is 5.04. The number of unbranched alkanes of at least 4 members (excludes halogenated alkanes) is 3. The van der Waals surface area contributed by atoms with Gasteiger partial charge in [-0.3, -0.25) is 4.79 Å². The summed E-state index contributed by atoms with van der Waals surface area (Å²) in [5, 5.41) is 13.8. The molecule has 1 saturated heterocycles. The number of methoxy groups -OCH3 is 2. The molecule has 0 aliphatic carbocycles. The Morgan fingerprint density at radius 3 is 2.67 bits per heavy atom. The molecule has 1 unspecified atom stereocenters. The molecule has 1 aromatic carbocycles. The number of carboxylic acids is 1. The minimum Gasteiger partial charge on any atom is -0.493 e. The van der Waals surface area contributed by atoms with Gasteiger partial charge in [0, 0.05) is 31.1 Å². The monoisotopic (exact) mass is 416 g/mol. The van der Waals surface area contributed by atoms with Gasteiger partial charge in [0.2, 0.25) is 5.95 Å². The van der Waals surface area contributed by atoms with Crippen LogP contribution in [0.25, 0.3) is 10.9 Å². The lowest BCUT2D eigenvalue weighted by atomic mass is 9.99. The molecule has 2 heterocycles. The van der Waals surface area contributed by atoms with Crippen LogP contribution in [0.5, 0.6) is 11.5 Å². The summed E-state index contributed by atoms with van der Waals surface area (Å²) in [6.07, 6.45) is 6.14. The Morgan fingerprint density at radius 1 is 1.20 bits per heavy atom. The molecule has 164 valence electrons. The van der Waals surface area contributed by atoms with Crippen LogP contribution in [0.4, 0.5) is 11.8 Å². The Bertz CT molecular complexity index is 874. The highest BCUT2D eigenvalue weighted by molar-refractivity contribution is 5.92. The summed E-state index contributed by atoms with van der Waals surface area (Å²) >= 11 is 0. The molecule has 0 bridgehead atoms. The molecular weight excluding hydrogens is 384 g/mol. The summed E-state index contributed by atoms with van der Waals surface area (Å²) in [5.74, 6) is 1.36. The molecule has 2 N–H and O–H groups in total. The average Bonchev–Trinajstić information content (AvgIpc) is 2.77. The van der Waals surface area contributed by atoms with Gasteiger partial charge in [0.05, 0.1) is 25.7 Å². The van der Waals surface area contributed by atoms with E-state index in [0.717, 1.165) is 42.7 Å². The van der Waals surface area contributed by atoms with E-state index in [4.69, 9.17) is 19.4 Å². The van der Waals surface area contributed by atoms with E-state index in [1.807, 2.05) is 17.0 Å². The zero-order valence-electron chi connectivity index (χ0n) is 18.1. The topological polar surface area (TPSA) is 96.8 Å². The molecule has 0 amide bonds. The highest BCUT2D eigenvalue weighted by Gasteiger charge is 2.27. The van der Waals surface area contributed by atoms with Crippen LogP contribution in [-0.2, 0) is 4.79 Å². The van der Waals surface area contributed by atoms with Gasteiger partial charge in [-0.2, -0.15) is 4.98 Å². The van der Waals surface area contributed by atoms with E-state index >= 15 is 0 Å². The Morgan fingerprint density at radius 2 is 1.97 bits per heavy atom. The number of ether oxygens (including phenoxy) is 2. The molecule has 1 aliphatic heterocycles. The maximum absolute atomic E-state index is 11.5. The van der Waals surface area contributed by atoms with E-state index in [2.05, 4.69) is 12.2 Å². The molecule has 8 heteroatoms. The molecule has 0 spiro atoms. The number of nitrogens with one attached hydrogen (secondary N) is 1. The lowest BCUT2D eigenvalue weighted by molar-refractivity contribution is -0.141. The van der Waals surface area contributed by atoms with Gasteiger partial charge in [-0.1, -0.05) is 26.2 Å². The largest absolute Gasteiger partial charge is 0.493 e. The zero-order chi connectivity index (χ0) is 21.5. The molecule has 8 nitrogen and oxygen atoms in total. The van der Waals surface area contributed by atoms with Crippen molar-refractivity contribution in [1.29, 1.82) is 0 Å². The molecule has 1 aliphatic rings. The lowest BCUT2D eigenvalue weighted by Crippen LogP contribution is -2.39. The van der Waals surface area contributed by atoms with Crippen molar-refractivity contribution in [2.45, 2.75) is 45.4 Å². The third-order valence-corrected chi connectivity index (χ3v) is 5.57. The molecule has 0 radical (unpaired) electrons. The minimum atomic E-state index is -0.763. The van der Waals surface area contributed by atoms with Gasteiger partial charge in [0.1, 0.15) is 5.82 Å². The van der Waals surface area contributed by atoms with Crippen molar-refractivity contribution in [3.63, 3.8) is 0 Å². The number of anilines is 2. The van der Waals surface area contributed by atoms with Crippen LogP contribution in [0.15, 0.2) is 12.1 Å². The number of carboxylic acid groups (broad SMARTS) is 1. The Balaban J connectivity index is 1.95. The minimum absolute atomic E-state index is 0.395. The zero-order valence-corrected chi connectivity index (χ0v) is 18.1. The van der Waals surface area contributed by atoms with Crippen molar-refractivity contribution in [3.05, 3.63) is 12.1 Å². The number of fused-ring (bicyclic) bond motifs is 1. The number of hydrogen-bond acceptors (Lipinski definition) is 7. The number of aliphatic carboxylic acids is 1. The number of hydrogen-bond donors (Lipinski definition) is 2. The molecule has 1 fully saturated rings. The van der Waals surface area contributed by atoms with Crippen molar-refractivity contribution in [1.82, 2.24) is 9.97 Å². The second-order valence-electron chi connectivity index (χ2n) is 7.71. The summed E-state index contributed by atoms with van der Waals surface area (Å²) in [6.45, 7) is 4.18. The summed E-state index contributed by atoms with van der Waals surface area (Å²) in [4.78, 5) is 23.0. The number of piperidine rings is 1. The molecule has 1 aromatic heterocycles. The van der Waals surface area contributed by atoms with Gasteiger partial charge in [-0.25, -0.2) is 4.98 Å². The van der Waals surface area contributed by atoms with E-state index in [1.165, 1.54) is 19.3 Å². The fourth-order valence-electron chi connectivity index (χ4n) is 3.84. The first-order valence-corrected chi connectivity index (χ1v) is 10.7. The molecule has 1 atom stereocenters. The van der Waals surface area contributed by atoms with Crippen LogP contribution in [-0.4, -0.2) is 54.9 Å². The van der Waals surface area contributed by atoms with E-state index in [1.54, 1.807) is 14.2 Å². The first-order valence-electron chi connectivity index (χ1n) is 10.7. The predicted molar refractivity (Wildman–Crippen MR) is 118 cm³/mol. The smallest absolute Gasteiger partial charge is 0.308 e. The maximum atomic E-state index is 11.5. The first-order chi connectivity index (χ1) is 14.6. The Hall–Kier alpha value is -2.77. The van der Waals surface area contributed by atoms with Gasteiger partial charge < -0.3 is 24.8 Å². The lowest BCUT2D eigenvalue weighted by Gasteiger charge is -2.31. The molecule has 30 heavy (non-hydrogen) atoms. The Kier molecular flexibility index (Phi) is 7.54. The van der Waals surface area contributed by atoms with Crippen molar-refractivity contribution in [2.75, 3.05) is 44.1 Å². The van der Waals surface area contributed by atoms with Crippen molar-refractivity contribution < 1.29 is 19.4 Å². The summed E-state index contributed by atoms with van der Waals surface area (Å²) < 4.78 is 10.9. The second kappa shape index (κ2) is 10.3. The standard InChI is InChI=1S/C22H32N4O4/c1-4-5-6-7-10-23-20-16-12-18(29-2)19(30-3)13-17(16)24-22(25-20)26-11-8-9-15(14-26)21(27)28/h12-13,15H,4-11,14H2,1-3H3,(H,27,28)(H,23,24,25). The quantitative estimate of drug-likeness (QED) is 0.562. The number of aromatic nitrogens is 2. The Labute approximate surface area is 177 Å². The number of rotatable bonds is 10. The third-order valence-electron chi connectivity index (χ3n) is 5.57. The van der Waals surface area contributed by atoms with Gasteiger partial charge in [-0.15, -0.1) is 0 Å². The summed E-state index contributed by atoms with van der Waals surface area (Å²) in [7, 11) is 3.21.